The van der Waals surface area contributed by atoms with E-state index in [9.17, 15) is 14.4 Å². The summed E-state index contributed by atoms with van der Waals surface area (Å²) in [6.07, 6.45) is 6.13. The van der Waals surface area contributed by atoms with Crippen LogP contribution in [0.3, 0.4) is 0 Å². The van der Waals surface area contributed by atoms with Crippen LogP contribution in [0.25, 0.3) is 17.0 Å². The summed E-state index contributed by atoms with van der Waals surface area (Å²) >= 11 is 0. The number of likely N-dealkylation sites (N-methyl/N-ethyl adjacent to an activating group) is 1. The van der Waals surface area contributed by atoms with Crippen molar-refractivity contribution in [2.45, 2.75) is 34.3 Å². The third kappa shape index (κ3) is 7.88. The number of fused-ring (bicyclic) bond motifs is 1. The van der Waals surface area contributed by atoms with E-state index in [1.165, 1.54) is 6.08 Å². The Labute approximate surface area is 274 Å². The smallest absolute Gasteiger partial charge is 0.255 e. The van der Waals surface area contributed by atoms with Gasteiger partial charge in [0, 0.05) is 53.5 Å². The van der Waals surface area contributed by atoms with Crippen molar-refractivity contribution in [2.75, 3.05) is 23.8 Å². The first kappa shape index (κ1) is 32.6. The van der Waals surface area contributed by atoms with E-state index in [0.29, 0.717) is 23.6 Å². The summed E-state index contributed by atoms with van der Waals surface area (Å²) < 4.78 is 6.31. The predicted molar refractivity (Wildman–Crippen MR) is 186 cm³/mol. The SMILES string of the molecule is Cc1cc(C)c2cccc(OCc3c(C)ccc(N(C)C(=O)CNC(=O)C=Cc4ccc(NC(=O)c5ccncc5)cc4)c3C)c2n1. The summed E-state index contributed by atoms with van der Waals surface area (Å²) in [7, 11) is 1.70. The second-order valence-corrected chi connectivity index (χ2v) is 11.3. The fourth-order valence-corrected chi connectivity index (χ4v) is 5.32. The van der Waals surface area contributed by atoms with Crippen LogP contribution in [0, 0.1) is 27.7 Å². The second-order valence-electron chi connectivity index (χ2n) is 11.3. The van der Waals surface area contributed by atoms with Gasteiger partial charge in [-0.15, -0.1) is 0 Å². The number of ether oxygens (including phenoxy) is 1. The number of nitrogens with zero attached hydrogens (tertiary/aromatic N) is 3. The Morgan fingerprint density at radius 3 is 2.38 bits per heavy atom. The number of nitrogens with one attached hydrogen (secondary N) is 2. The van der Waals surface area contributed by atoms with Gasteiger partial charge in [-0.2, -0.15) is 0 Å². The zero-order valence-electron chi connectivity index (χ0n) is 27.1. The van der Waals surface area contributed by atoms with Crippen LogP contribution in [0.15, 0.2) is 91.3 Å². The lowest BCUT2D eigenvalue weighted by Gasteiger charge is -2.23. The molecule has 238 valence electrons. The van der Waals surface area contributed by atoms with Crippen LogP contribution in [-0.4, -0.2) is 41.3 Å². The second kappa shape index (κ2) is 14.5. The Kier molecular flexibility index (Phi) is 10.1. The van der Waals surface area contributed by atoms with Gasteiger partial charge in [-0.25, -0.2) is 4.98 Å². The number of aromatic nitrogens is 2. The molecule has 3 aromatic carbocycles. The largest absolute Gasteiger partial charge is 0.487 e. The number of benzene rings is 3. The van der Waals surface area contributed by atoms with Crippen LogP contribution < -0.4 is 20.3 Å². The zero-order valence-corrected chi connectivity index (χ0v) is 27.1. The molecule has 0 unspecified atom stereocenters. The Morgan fingerprint density at radius 2 is 1.64 bits per heavy atom. The molecular weight excluding hydrogens is 590 g/mol. The van der Waals surface area contributed by atoms with Crippen molar-refractivity contribution in [3.05, 3.63) is 130 Å². The van der Waals surface area contributed by atoms with Crippen LogP contribution in [0.5, 0.6) is 5.75 Å². The molecule has 2 aromatic heterocycles. The standard InChI is InChI=1S/C38H37N5O4/c1-24-9-15-33(27(4)32(24)23-47-34-8-6-7-31-25(2)21-26(3)41-37(31)34)43(5)36(45)22-40-35(44)16-12-28-10-13-30(14-11-28)42-38(46)29-17-19-39-20-18-29/h6-21H,22-23H2,1-5H3,(H,40,44)(H,42,46). The van der Waals surface area contributed by atoms with Crippen molar-refractivity contribution in [3.63, 3.8) is 0 Å². The van der Waals surface area contributed by atoms with Gasteiger partial charge in [-0.05, 0) is 104 Å². The van der Waals surface area contributed by atoms with Crippen molar-refractivity contribution >= 4 is 46.1 Å². The fourth-order valence-electron chi connectivity index (χ4n) is 5.32. The van der Waals surface area contributed by atoms with Gasteiger partial charge in [0.15, 0.2) is 0 Å². The van der Waals surface area contributed by atoms with E-state index in [-0.39, 0.29) is 18.4 Å². The molecule has 5 rings (SSSR count). The summed E-state index contributed by atoms with van der Waals surface area (Å²) in [6, 6.07) is 22.2. The molecule has 0 radical (unpaired) electrons. The highest BCUT2D eigenvalue weighted by Gasteiger charge is 2.18. The number of hydrogen-bond donors (Lipinski definition) is 2. The van der Waals surface area contributed by atoms with E-state index < -0.39 is 5.91 Å². The van der Waals surface area contributed by atoms with Crippen molar-refractivity contribution in [2.24, 2.45) is 0 Å². The molecule has 47 heavy (non-hydrogen) atoms. The Hall–Kier alpha value is -5.83. The average Bonchev–Trinajstić information content (AvgIpc) is 3.07. The van der Waals surface area contributed by atoms with Crippen molar-refractivity contribution in [1.29, 1.82) is 0 Å². The Balaban J connectivity index is 1.17. The highest BCUT2D eigenvalue weighted by atomic mass is 16.5. The minimum atomic E-state index is -0.397. The lowest BCUT2D eigenvalue weighted by atomic mass is 10.0. The molecule has 0 saturated carbocycles. The Morgan fingerprint density at radius 1 is 0.894 bits per heavy atom. The van der Waals surface area contributed by atoms with Gasteiger partial charge in [0.05, 0.1) is 6.54 Å². The number of anilines is 2. The molecule has 9 heteroatoms. The summed E-state index contributed by atoms with van der Waals surface area (Å²) in [6.45, 7) is 8.18. The van der Waals surface area contributed by atoms with Gasteiger partial charge >= 0.3 is 0 Å². The minimum absolute atomic E-state index is 0.167. The Bertz CT molecular complexity index is 1970. The van der Waals surface area contributed by atoms with Gasteiger partial charge in [-0.1, -0.05) is 30.3 Å². The van der Waals surface area contributed by atoms with Gasteiger partial charge in [-0.3, -0.25) is 19.4 Å². The van der Waals surface area contributed by atoms with Crippen molar-refractivity contribution < 1.29 is 19.1 Å². The third-order valence-electron chi connectivity index (χ3n) is 8.00. The fraction of sp³-hybridized carbons (Fsp3) is 0.184. The minimum Gasteiger partial charge on any atom is -0.487 e. The van der Waals surface area contributed by atoms with Crippen LogP contribution in [0.1, 0.15) is 43.9 Å². The average molecular weight is 628 g/mol. The highest BCUT2D eigenvalue weighted by molar-refractivity contribution is 6.04. The maximum Gasteiger partial charge on any atom is 0.255 e. The molecule has 0 spiro atoms. The molecule has 2 N–H and O–H groups in total. The maximum atomic E-state index is 13.1. The molecule has 5 aromatic rings. The van der Waals surface area contributed by atoms with Crippen LogP contribution in [-0.2, 0) is 16.2 Å². The van der Waals surface area contributed by atoms with E-state index in [1.807, 2.05) is 51.1 Å². The first-order chi connectivity index (χ1) is 22.6. The molecule has 2 heterocycles. The number of carbonyl (C=O) groups excluding carboxylic acids is 3. The zero-order chi connectivity index (χ0) is 33.5. The number of amides is 3. The number of aryl methyl sites for hydroxylation is 3. The quantitative estimate of drug-likeness (QED) is 0.171. The summed E-state index contributed by atoms with van der Waals surface area (Å²) in [5, 5.41) is 6.54. The molecule has 0 atom stereocenters. The van der Waals surface area contributed by atoms with Crippen LogP contribution in [0.2, 0.25) is 0 Å². The number of para-hydroxylation sites is 1. The van der Waals surface area contributed by atoms with Crippen LogP contribution in [0.4, 0.5) is 11.4 Å². The highest BCUT2D eigenvalue weighted by Crippen LogP contribution is 2.30. The van der Waals surface area contributed by atoms with Gasteiger partial charge in [0.25, 0.3) is 5.91 Å². The first-order valence-corrected chi connectivity index (χ1v) is 15.2. The summed E-state index contributed by atoms with van der Waals surface area (Å²) in [5.41, 5.74) is 8.50. The third-order valence-corrected chi connectivity index (χ3v) is 8.00. The van der Waals surface area contributed by atoms with Gasteiger partial charge in [0.1, 0.15) is 17.9 Å². The van der Waals surface area contributed by atoms with Crippen molar-refractivity contribution in [3.8, 4) is 5.75 Å². The number of carbonyl (C=O) groups is 3. The van der Waals surface area contributed by atoms with E-state index in [2.05, 4.69) is 28.6 Å². The lowest BCUT2D eigenvalue weighted by Crippen LogP contribution is -2.38. The topological polar surface area (TPSA) is 114 Å². The van der Waals surface area contributed by atoms with Gasteiger partial charge in [0.2, 0.25) is 11.8 Å². The maximum absolute atomic E-state index is 13.1. The van der Waals surface area contributed by atoms with E-state index in [0.717, 1.165) is 50.1 Å². The molecule has 9 nitrogen and oxygen atoms in total. The summed E-state index contributed by atoms with van der Waals surface area (Å²) in [4.78, 5) is 48.1. The molecule has 3 amide bonds. The first-order valence-electron chi connectivity index (χ1n) is 15.2. The van der Waals surface area contributed by atoms with Gasteiger partial charge < -0.3 is 20.3 Å². The lowest BCUT2D eigenvalue weighted by molar-refractivity contribution is -0.122. The predicted octanol–water partition coefficient (Wildman–Crippen LogP) is 6.49. The molecule has 0 aliphatic carbocycles. The molecule has 0 bridgehead atoms. The molecule has 0 fully saturated rings. The van der Waals surface area contributed by atoms with E-state index in [4.69, 9.17) is 9.72 Å². The van der Waals surface area contributed by atoms with Crippen LogP contribution >= 0.6 is 0 Å². The summed E-state index contributed by atoms with van der Waals surface area (Å²) in [5.74, 6) is -0.184. The number of rotatable bonds is 10. The monoisotopic (exact) mass is 627 g/mol. The molecule has 0 saturated heterocycles. The number of hydrogen-bond acceptors (Lipinski definition) is 6. The van der Waals surface area contributed by atoms with E-state index >= 15 is 0 Å². The molecule has 0 aliphatic heterocycles. The molecular formula is C38H37N5O4. The molecule has 0 aliphatic rings. The normalized spacial score (nSPS) is 11.0. The van der Waals surface area contributed by atoms with Crippen molar-refractivity contribution in [1.82, 2.24) is 15.3 Å². The number of pyridine rings is 2. The van der Waals surface area contributed by atoms with E-state index in [1.54, 1.807) is 66.8 Å².